The maximum absolute atomic E-state index is 12.2. The lowest BCUT2D eigenvalue weighted by Gasteiger charge is -2.07. The van der Waals surface area contributed by atoms with Gasteiger partial charge in [0.2, 0.25) is 5.75 Å². The van der Waals surface area contributed by atoms with E-state index in [1.54, 1.807) is 30.3 Å². The zero-order valence-corrected chi connectivity index (χ0v) is 10.6. The van der Waals surface area contributed by atoms with Gasteiger partial charge in [0.25, 0.3) is 0 Å². The standard InChI is InChI=1S/C14H11NO5/c1-20-13-8-12(16)10(7-11(13)15(18)19)14(17)9-5-3-2-4-6-9/h2-8,16H,1H3. The van der Waals surface area contributed by atoms with Crippen molar-refractivity contribution in [1.82, 2.24) is 0 Å². The fourth-order valence-electron chi connectivity index (χ4n) is 1.79. The van der Waals surface area contributed by atoms with Crippen LogP contribution < -0.4 is 4.74 Å². The second kappa shape index (κ2) is 5.40. The van der Waals surface area contributed by atoms with Crippen LogP contribution in [0.5, 0.6) is 11.5 Å². The van der Waals surface area contributed by atoms with Crippen LogP contribution in [-0.2, 0) is 0 Å². The Bertz CT molecular complexity index is 667. The molecular weight excluding hydrogens is 262 g/mol. The van der Waals surface area contributed by atoms with E-state index < -0.39 is 10.7 Å². The quantitative estimate of drug-likeness (QED) is 0.525. The Labute approximate surface area is 114 Å². The van der Waals surface area contributed by atoms with Crippen molar-refractivity contribution in [3.63, 3.8) is 0 Å². The number of rotatable bonds is 4. The van der Waals surface area contributed by atoms with E-state index in [4.69, 9.17) is 4.74 Å². The second-order valence-electron chi connectivity index (χ2n) is 3.99. The molecule has 2 rings (SSSR count). The first kappa shape index (κ1) is 13.5. The maximum atomic E-state index is 12.2. The summed E-state index contributed by atoms with van der Waals surface area (Å²) in [4.78, 5) is 22.5. The molecule has 6 heteroatoms. The predicted molar refractivity (Wildman–Crippen MR) is 71.2 cm³/mol. The Morgan fingerprint density at radius 2 is 1.90 bits per heavy atom. The third-order valence-corrected chi connectivity index (χ3v) is 2.77. The molecule has 0 atom stereocenters. The van der Waals surface area contributed by atoms with Gasteiger partial charge in [0, 0.05) is 17.7 Å². The number of ketones is 1. The lowest BCUT2D eigenvalue weighted by molar-refractivity contribution is -0.385. The Hall–Kier alpha value is -2.89. The Kier molecular flexibility index (Phi) is 3.65. The largest absolute Gasteiger partial charge is 0.507 e. The van der Waals surface area contributed by atoms with Crippen LogP contribution >= 0.6 is 0 Å². The van der Waals surface area contributed by atoms with Crippen LogP contribution in [0.1, 0.15) is 15.9 Å². The van der Waals surface area contributed by atoms with Gasteiger partial charge >= 0.3 is 5.69 Å². The third-order valence-electron chi connectivity index (χ3n) is 2.77. The molecule has 102 valence electrons. The molecule has 0 saturated carbocycles. The molecule has 0 unspecified atom stereocenters. The highest BCUT2D eigenvalue weighted by Crippen LogP contribution is 2.34. The molecular formula is C14H11NO5. The molecule has 0 fully saturated rings. The highest BCUT2D eigenvalue weighted by molar-refractivity contribution is 6.11. The van der Waals surface area contributed by atoms with E-state index in [1.165, 1.54) is 7.11 Å². The lowest BCUT2D eigenvalue weighted by atomic mass is 10.0. The predicted octanol–water partition coefficient (Wildman–Crippen LogP) is 2.54. The van der Waals surface area contributed by atoms with Gasteiger partial charge in [-0.25, -0.2) is 0 Å². The maximum Gasteiger partial charge on any atom is 0.311 e. The SMILES string of the molecule is COc1cc(O)c(C(=O)c2ccccc2)cc1[N+](=O)[O-]. The number of ether oxygens (including phenoxy) is 1. The number of benzene rings is 2. The molecule has 2 aromatic rings. The summed E-state index contributed by atoms with van der Waals surface area (Å²) < 4.78 is 4.81. The third kappa shape index (κ3) is 2.44. The van der Waals surface area contributed by atoms with Gasteiger partial charge in [-0.05, 0) is 0 Å². The van der Waals surface area contributed by atoms with Crippen molar-refractivity contribution in [3.8, 4) is 11.5 Å². The van der Waals surface area contributed by atoms with Crippen molar-refractivity contribution in [2.45, 2.75) is 0 Å². The molecule has 0 radical (unpaired) electrons. The Balaban J connectivity index is 2.55. The van der Waals surface area contributed by atoms with Crippen molar-refractivity contribution in [2.75, 3.05) is 7.11 Å². The highest BCUT2D eigenvalue weighted by Gasteiger charge is 2.23. The van der Waals surface area contributed by atoms with Gasteiger partial charge in [0.15, 0.2) is 5.78 Å². The van der Waals surface area contributed by atoms with Crippen LogP contribution in [-0.4, -0.2) is 22.9 Å². The minimum atomic E-state index is -0.667. The molecule has 20 heavy (non-hydrogen) atoms. The number of phenolic OH excluding ortho intramolecular Hbond substituents is 1. The number of carbonyl (C=O) groups excluding carboxylic acids is 1. The van der Waals surface area contributed by atoms with E-state index in [9.17, 15) is 20.0 Å². The van der Waals surface area contributed by atoms with Gasteiger partial charge in [-0.2, -0.15) is 0 Å². The van der Waals surface area contributed by atoms with Gasteiger partial charge in [0.1, 0.15) is 5.75 Å². The molecule has 0 bridgehead atoms. The van der Waals surface area contributed by atoms with Gasteiger partial charge in [-0.3, -0.25) is 14.9 Å². The van der Waals surface area contributed by atoms with Gasteiger partial charge in [-0.15, -0.1) is 0 Å². The molecule has 0 aliphatic carbocycles. The van der Waals surface area contributed by atoms with Crippen LogP contribution in [0.2, 0.25) is 0 Å². The van der Waals surface area contributed by atoms with E-state index in [-0.39, 0.29) is 22.7 Å². The fraction of sp³-hybridized carbons (Fsp3) is 0.0714. The first-order chi connectivity index (χ1) is 9.54. The van der Waals surface area contributed by atoms with E-state index in [2.05, 4.69) is 0 Å². The first-order valence-electron chi connectivity index (χ1n) is 5.69. The molecule has 0 spiro atoms. The fourth-order valence-corrected chi connectivity index (χ4v) is 1.79. The van der Waals surface area contributed by atoms with E-state index in [1.807, 2.05) is 0 Å². The zero-order chi connectivity index (χ0) is 14.7. The number of aromatic hydroxyl groups is 1. The number of methoxy groups -OCH3 is 1. The number of nitro groups is 1. The summed E-state index contributed by atoms with van der Waals surface area (Å²) in [5, 5.41) is 20.8. The van der Waals surface area contributed by atoms with Gasteiger partial charge in [0.05, 0.1) is 17.6 Å². The van der Waals surface area contributed by atoms with E-state index >= 15 is 0 Å². The van der Waals surface area contributed by atoms with E-state index in [0.717, 1.165) is 12.1 Å². The molecule has 0 amide bonds. The number of nitrogens with zero attached hydrogens (tertiary/aromatic N) is 1. The number of hydrogen-bond acceptors (Lipinski definition) is 5. The van der Waals surface area contributed by atoms with Gasteiger partial charge < -0.3 is 9.84 Å². The molecule has 6 nitrogen and oxygen atoms in total. The number of nitro benzene ring substituents is 1. The molecule has 2 aromatic carbocycles. The monoisotopic (exact) mass is 273 g/mol. The van der Waals surface area contributed by atoms with Crippen LogP contribution in [0.25, 0.3) is 0 Å². The first-order valence-corrected chi connectivity index (χ1v) is 5.69. The normalized spacial score (nSPS) is 10.1. The molecule has 0 saturated heterocycles. The second-order valence-corrected chi connectivity index (χ2v) is 3.99. The number of hydrogen-bond donors (Lipinski definition) is 1. The smallest absolute Gasteiger partial charge is 0.311 e. The lowest BCUT2D eigenvalue weighted by Crippen LogP contribution is -2.03. The van der Waals surface area contributed by atoms with Crippen molar-refractivity contribution < 1.29 is 19.6 Å². The average molecular weight is 273 g/mol. The van der Waals surface area contributed by atoms with Crippen molar-refractivity contribution in [2.24, 2.45) is 0 Å². The molecule has 0 aliphatic rings. The van der Waals surface area contributed by atoms with Crippen LogP contribution in [0.15, 0.2) is 42.5 Å². The number of phenols is 1. The minimum Gasteiger partial charge on any atom is -0.507 e. The summed E-state index contributed by atoms with van der Waals surface area (Å²) in [5.41, 5.74) is -0.171. The highest BCUT2D eigenvalue weighted by atomic mass is 16.6. The minimum absolute atomic E-state index is 0.0999. The molecule has 0 heterocycles. The average Bonchev–Trinajstić information content (AvgIpc) is 2.46. The van der Waals surface area contributed by atoms with Crippen LogP contribution in [0.4, 0.5) is 5.69 Å². The van der Waals surface area contributed by atoms with Crippen LogP contribution in [0, 0.1) is 10.1 Å². The van der Waals surface area contributed by atoms with Crippen LogP contribution in [0.3, 0.4) is 0 Å². The van der Waals surface area contributed by atoms with Crippen molar-refractivity contribution in [1.29, 1.82) is 0 Å². The summed E-state index contributed by atoms with van der Waals surface area (Å²) in [6, 6.07) is 10.3. The Morgan fingerprint density at radius 3 is 2.45 bits per heavy atom. The number of carbonyl (C=O) groups is 1. The topological polar surface area (TPSA) is 89.7 Å². The summed E-state index contributed by atoms with van der Waals surface area (Å²) in [7, 11) is 1.25. The van der Waals surface area contributed by atoms with Gasteiger partial charge in [-0.1, -0.05) is 30.3 Å². The molecule has 1 N–H and O–H groups in total. The molecule has 0 aliphatic heterocycles. The summed E-state index contributed by atoms with van der Waals surface area (Å²) in [5.74, 6) is -0.952. The summed E-state index contributed by atoms with van der Waals surface area (Å²) in [6.07, 6.45) is 0. The summed E-state index contributed by atoms with van der Waals surface area (Å²) in [6.45, 7) is 0. The van der Waals surface area contributed by atoms with Crippen molar-refractivity contribution >= 4 is 11.5 Å². The summed E-state index contributed by atoms with van der Waals surface area (Å²) >= 11 is 0. The van der Waals surface area contributed by atoms with E-state index in [0.29, 0.717) is 5.56 Å². The molecule has 0 aromatic heterocycles. The van der Waals surface area contributed by atoms with Crippen molar-refractivity contribution in [3.05, 3.63) is 63.7 Å². The zero-order valence-electron chi connectivity index (χ0n) is 10.6. The Morgan fingerprint density at radius 1 is 1.25 bits per heavy atom.